The Morgan fingerprint density at radius 2 is 2.00 bits per heavy atom. The minimum atomic E-state index is -0.598. The van der Waals surface area contributed by atoms with Crippen LogP contribution >= 0.6 is 0 Å². The first kappa shape index (κ1) is 15.0. The van der Waals surface area contributed by atoms with Crippen LogP contribution in [0.1, 0.15) is 5.69 Å². The molecule has 0 radical (unpaired) electrons. The first-order chi connectivity index (χ1) is 12.1. The zero-order valence-electron chi connectivity index (χ0n) is 13.6. The Kier molecular flexibility index (Phi) is 3.31. The van der Waals surface area contributed by atoms with Crippen LogP contribution in [0.5, 0.6) is 5.75 Å². The third kappa shape index (κ3) is 2.35. The van der Waals surface area contributed by atoms with Gasteiger partial charge in [0.25, 0.3) is 0 Å². The van der Waals surface area contributed by atoms with Crippen LogP contribution in [0.2, 0.25) is 0 Å². The van der Waals surface area contributed by atoms with E-state index in [0.29, 0.717) is 16.8 Å². The number of aryl methyl sites for hydroxylation is 1. The number of benzene rings is 1. The first-order valence-electron chi connectivity index (χ1n) is 7.59. The highest BCUT2D eigenvalue weighted by molar-refractivity contribution is 6.04. The average molecular weight is 337 g/mol. The van der Waals surface area contributed by atoms with E-state index in [1.165, 1.54) is 6.21 Å². The van der Waals surface area contributed by atoms with Gasteiger partial charge in [0.2, 0.25) is 0 Å². The zero-order valence-corrected chi connectivity index (χ0v) is 13.6. The van der Waals surface area contributed by atoms with Gasteiger partial charge in [-0.1, -0.05) is 0 Å². The standard InChI is InChI=1S/C17H15N5O3/c1-21-7-3-4-10(21)9-18-22-16(23)15-14(20-17(22)24)12-6-5-11(25-2)8-13(12)19-15/h3-9,19H,1-2H3,(H,20,24). The number of hydrogen-bond donors (Lipinski definition) is 2. The monoisotopic (exact) mass is 337 g/mol. The maximum Gasteiger partial charge on any atom is 0.350 e. The fourth-order valence-corrected chi connectivity index (χ4v) is 2.78. The van der Waals surface area contributed by atoms with Crippen LogP contribution in [-0.2, 0) is 7.05 Å². The molecule has 126 valence electrons. The molecule has 4 aromatic rings. The van der Waals surface area contributed by atoms with E-state index in [0.717, 1.165) is 15.8 Å². The summed E-state index contributed by atoms with van der Waals surface area (Å²) in [6.45, 7) is 0. The molecule has 3 heterocycles. The van der Waals surface area contributed by atoms with Gasteiger partial charge in [-0.3, -0.25) is 4.79 Å². The maximum atomic E-state index is 12.7. The van der Waals surface area contributed by atoms with E-state index >= 15 is 0 Å². The third-order valence-corrected chi connectivity index (χ3v) is 4.13. The van der Waals surface area contributed by atoms with Crippen molar-refractivity contribution in [1.29, 1.82) is 0 Å². The Balaban J connectivity index is 1.93. The second kappa shape index (κ2) is 5.52. The molecule has 0 bridgehead atoms. The van der Waals surface area contributed by atoms with Crippen molar-refractivity contribution in [1.82, 2.24) is 19.2 Å². The lowest BCUT2D eigenvalue weighted by Crippen LogP contribution is -2.32. The lowest BCUT2D eigenvalue weighted by atomic mass is 10.2. The fourth-order valence-electron chi connectivity index (χ4n) is 2.78. The summed E-state index contributed by atoms with van der Waals surface area (Å²) < 4.78 is 7.82. The summed E-state index contributed by atoms with van der Waals surface area (Å²) in [7, 11) is 3.42. The van der Waals surface area contributed by atoms with Gasteiger partial charge >= 0.3 is 11.2 Å². The number of aromatic nitrogens is 4. The highest BCUT2D eigenvalue weighted by Crippen LogP contribution is 2.24. The first-order valence-corrected chi connectivity index (χ1v) is 7.59. The van der Waals surface area contributed by atoms with Crippen LogP contribution in [-0.4, -0.2) is 32.5 Å². The predicted octanol–water partition coefficient (Wildman–Crippen LogP) is 1.40. The molecule has 8 heteroatoms. The Labute approximate surface area is 141 Å². The van der Waals surface area contributed by atoms with Gasteiger partial charge in [0.1, 0.15) is 11.3 Å². The number of fused-ring (bicyclic) bond motifs is 3. The topological polar surface area (TPSA) is 97.2 Å². The molecule has 0 aliphatic carbocycles. The molecule has 0 aliphatic rings. The van der Waals surface area contributed by atoms with Gasteiger partial charge in [0.05, 0.1) is 30.1 Å². The summed E-state index contributed by atoms with van der Waals surface area (Å²) in [6, 6.07) is 9.01. The maximum absolute atomic E-state index is 12.7. The molecule has 0 saturated heterocycles. The molecule has 0 unspecified atom stereocenters. The summed E-state index contributed by atoms with van der Waals surface area (Å²) in [5.74, 6) is 0.656. The number of nitrogens with one attached hydrogen (secondary N) is 2. The minimum absolute atomic E-state index is 0.284. The van der Waals surface area contributed by atoms with Gasteiger partial charge in [0.15, 0.2) is 0 Å². The SMILES string of the molecule is COc1ccc2c(c1)[nH]c1c(=O)n(N=Cc3cccn3C)c(=O)[nH]c12. The molecule has 0 amide bonds. The van der Waals surface area contributed by atoms with Crippen LogP contribution in [0.4, 0.5) is 0 Å². The molecule has 4 rings (SSSR count). The van der Waals surface area contributed by atoms with Gasteiger partial charge < -0.3 is 19.3 Å². The number of aromatic amines is 2. The molecule has 0 spiro atoms. The van der Waals surface area contributed by atoms with Crippen molar-refractivity contribution in [2.45, 2.75) is 0 Å². The Morgan fingerprint density at radius 3 is 2.72 bits per heavy atom. The second-order valence-electron chi connectivity index (χ2n) is 5.62. The molecular formula is C17H15N5O3. The predicted molar refractivity (Wildman–Crippen MR) is 95.6 cm³/mol. The van der Waals surface area contributed by atoms with Gasteiger partial charge in [-0.05, 0) is 24.3 Å². The smallest absolute Gasteiger partial charge is 0.350 e. The van der Waals surface area contributed by atoms with Crippen molar-refractivity contribution in [2.75, 3.05) is 7.11 Å². The molecule has 0 saturated carbocycles. The molecule has 0 aliphatic heterocycles. The van der Waals surface area contributed by atoms with Crippen molar-refractivity contribution in [3.05, 3.63) is 63.1 Å². The van der Waals surface area contributed by atoms with E-state index < -0.39 is 11.2 Å². The summed E-state index contributed by atoms with van der Waals surface area (Å²) >= 11 is 0. The average Bonchev–Trinajstić information content (AvgIpc) is 3.18. The van der Waals surface area contributed by atoms with Crippen molar-refractivity contribution < 1.29 is 4.74 Å². The quantitative estimate of drug-likeness (QED) is 0.553. The highest BCUT2D eigenvalue weighted by atomic mass is 16.5. The van der Waals surface area contributed by atoms with Gasteiger partial charge in [0, 0.05) is 24.7 Å². The number of methoxy groups -OCH3 is 1. The van der Waals surface area contributed by atoms with E-state index in [1.54, 1.807) is 25.3 Å². The van der Waals surface area contributed by atoms with Crippen LogP contribution in [0.3, 0.4) is 0 Å². The van der Waals surface area contributed by atoms with E-state index in [9.17, 15) is 9.59 Å². The molecule has 8 nitrogen and oxygen atoms in total. The molecule has 0 atom stereocenters. The van der Waals surface area contributed by atoms with Gasteiger partial charge in [-0.25, -0.2) is 4.79 Å². The van der Waals surface area contributed by atoms with E-state index in [2.05, 4.69) is 15.1 Å². The van der Waals surface area contributed by atoms with Crippen molar-refractivity contribution in [3.8, 4) is 5.75 Å². The van der Waals surface area contributed by atoms with Crippen LogP contribution in [0.25, 0.3) is 21.9 Å². The largest absolute Gasteiger partial charge is 0.497 e. The number of ether oxygens (including phenoxy) is 1. The third-order valence-electron chi connectivity index (χ3n) is 4.13. The summed E-state index contributed by atoms with van der Waals surface area (Å²) in [4.78, 5) is 30.7. The fraction of sp³-hybridized carbons (Fsp3) is 0.118. The van der Waals surface area contributed by atoms with Gasteiger partial charge in [-0.2, -0.15) is 5.10 Å². The molecule has 2 N–H and O–H groups in total. The highest BCUT2D eigenvalue weighted by Gasteiger charge is 2.13. The van der Waals surface area contributed by atoms with Crippen LogP contribution < -0.4 is 16.0 Å². The van der Waals surface area contributed by atoms with Crippen molar-refractivity contribution in [2.24, 2.45) is 12.1 Å². The van der Waals surface area contributed by atoms with E-state index in [-0.39, 0.29) is 5.52 Å². The molecule has 25 heavy (non-hydrogen) atoms. The number of rotatable bonds is 3. The Morgan fingerprint density at radius 1 is 1.16 bits per heavy atom. The molecule has 0 fully saturated rings. The van der Waals surface area contributed by atoms with Crippen LogP contribution in [0.15, 0.2) is 51.2 Å². The van der Waals surface area contributed by atoms with Crippen molar-refractivity contribution in [3.63, 3.8) is 0 Å². The molecule has 3 aromatic heterocycles. The summed E-state index contributed by atoms with van der Waals surface area (Å²) in [6.07, 6.45) is 3.32. The molecular weight excluding hydrogens is 322 g/mol. The number of hydrogen-bond acceptors (Lipinski definition) is 4. The lowest BCUT2D eigenvalue weighted by Gasteiger charge is -1.99. The number of nitrogens with zero attached hydrogens (tertiary/aromatic N) is 3. The summed E-state index contributed by atoms with van der Waals surface area (Å²) in [5, 5.41) is 4.77. The number of H-pyrrole nitrogens is 2. The van der Waals surface area contributed by atoms with Crippen molar-refractivity contribution >= 4 is 28.2 Å². The molecule has 1 aromatic carbocycles. The van der Waals surface area contributed by atoms with Crippen LogP contribution in [0, 0.1) is 0 Å². The van der Waals surface area contributed by atoms with E-state index in [1.807, 2.05) is 29.9 Å². The normalized spacial score (nSPS) is 11.8. The Bertz CT molecular complexity index is 1240. The van der Waals surface area contributed by atoms with E-state index in [4.69, 9.17) is 4.74 Å². The summed E-state index contributed by atoms with van der Waals surface area (Å²) in [5.41, 5.74) is 1.10. The minimum Gasteiger partial charge on any atom is -0.497 e. The second-order valence-corrected chi connectivity index (χ2v) is 5.62. The lowest BCUT2D eigenvalue weighted by molar-refractivity contribution is 0.415. The Hall–Kier alpha value is -3.55. The zero-order chi connectivity index (χ0) is 17.6. The van der Waals surface area contributed by atoms with Gasteiger partial charge in [-0.15, -0.1) is 4.68 Å².